The van der Waals surface area contributed by atoms with Crippen molar-refractivity contribution in [3.63, 3.8) is 0 Å². The van der Waals surface area contributed by atoms with E-state index < -0.39 is 5.92 Å². The molecular weight excluding hydrogens is 302 g/mol. The first-order valence-electron chi connectivity index (χ1n) is 7.41. The molecule has 3 rings (SSSR count). The third kappa shape index (κ3) is 3.62. The summed E-state index contributed by atoms with van der Waals surface area (Å²) >= 11 is 0. The molecule has 0 saturated heterocycles. The molecule has 120 valence electrons. The minimum absolute atomic E-state index is 0.0240. The highest BCUT2D eigenvalue weighted by Crippen LogP contribution is 2.34. The van der Waals surface area contributed by atoms with E-state index in [-0.39, 0.29) is 24.6 Å². The molecule has 0 aromatic carbocycles. The van der Waals surface area contributed by atoms with Crippen molar-refractivity contribution in [3.05, 3.63) is 29.7 Å². The van der Waals surface area contributed by atoms with Crippen LogP contribution >= 0.6 is 0 Å². The predicted octanol–water partition coefficient (Wildman–Crippen LogP) is 2.83. The van der Waals surface area contributed by atoms with Gasteiger partial charge in [0.1, 0.15) is 11.9 Å². The molecule has 2 aromatic heterocycles. The van der Waals surface area contributed by atoms with Gasteiger partial charge in [0.15, 0.2) is 5.69 Å². The SMILES string of the molecule is Cc1cc(NC2CCC(F)(F)CC2)nc(-n2ccc(C#N)n2)n1. The van der Waals surface area contributed by atoms with Gasteiger partial charge < -0.3 is 5.32 Å². The third-order valence-corrected chi connectivity index (χ3v) is 3.82. The van der Waals surface area contributed by atoms with Crippen LogP contribution in [0.25, 0.3) is 5.95 Å². The van der Waals surface area contributed by atoms with Crippen molar-refractivity contribution in [1.29, 1.82) is 5.26 Å². The maximum atomic E-state index is 13.2. The zero-order valence-corrected chi connectivity index (χ0v) is 12.6. The standard InChI is InChI=1S/C15H16F2N6/c1-10-8-13(20-11-2-5-15(16,17)6-3-11)21-14(19-10)23-7-4-12(9-18)22-23/h4,7-8,11H,2-3,5-6H2,1H3,(H,19,20,21). The Morgan fingerprint density at radius 3 is 2.74 bits per heavy atom. The van der Waals surface area contributed by atoms with Crippen molar-refractivity contribution >= 4 is 5.82 Å². The highest BCUT2D eigenvalue weighted by atomic mass is 19.3. The first kappa shape index (κ1) is 15.3. The fraction of sp³-hybridized carbons (Fsp3) is 0.467. The number of nitrogens with zero attached hydrogens (tertiary/aromatic N) is 5. The predicted molar refractivity (Wildman–Crippen MR) is 79.4 cm³/mol. The van der Waals surface area contributed by atoms with Gasteiger partial charge in [0.25, 0.3) is 5.95 Å². The van der Waals surface area contributed by atoms with Gasteiger partial charge >= 0.3 is 0 Å². The fourth-order valence-corrected chi connectivity index (χ4v) is 2.62. The second-order valence-electron chi connectivity index (χ2n) is 5.73. The lowest BCUT2D eigenvalue weighted by atomic mass is 9.92. The first-order valence-corrected chi connectivity index (χ1v) is 7.41. The monoisotopic (exact) mass is 318 g/mol. The molecule has 1 saturated carbocycles. The van der Waals surface area contributed by atoms with Gasteiger partial charge in [0, 0.05) is 36.8 Å². The summed E-state index contributed by atoms with van der Waals surface area (Å²) < 4.78 is 27.8. The zero-order chi connectivity index (χ0) is 16.4. The molecule has 6 nitrogen and oxygen atoms in total. The zero-order valence-electron chi connectivity index (χ0n) is 12.6. The lowest BCUT2D eigenvalue weighted by Crippen LogP contribution is -2.32. The summed E-state index contributed by atoms with van der Waals surface area (Å²) in [4.78, 5) is 8.65. The van der Waals surface area contributed by atoms with Crippen LogP contribution < -0.4 is 5.32 Å². The highest BCUT2D eigenvalue weighted by molar-refractivity contribution is 5.39. The average molecular weight is 318 g/mol. The summed E-state index contributed by atoms with van der Waals surface area (Å²) in [5, 5.41) is 16.1. The molecule has 0 atom stereocenters. The van der Waals surface area contributed by atoms with Crippen molar-refractivity contribution in [2.75, 3.05) is 5.32 Å². The van der Waals surface area contributed by atoms with E-state index in [2.05, 4.69) is 20.4 Å². The van der Waals surface area contributed by atoms with Crippen LogP contribution in [0, 0.1) is 18.3 Å². The van der Waals surface area contributed by atoms with Crippen LogP contribution in [-0.2, 0) is 0 Å². The van der Waals surface area contributed by atoms with Crippen molar-refractivity contribution in [2.45, 2.75) is 44.6 Å². The Bertz CT molecular complexity index is 739. The Kier molecular flexibility index (Phi) is 3.94. The number of aromatic nitrogens is 4. The van der Waals surface area contributed by atoms with Gasteiger partial charge in [-0.3, -0.25) is 0 Å². The van der Waals surface area contributed by atoms with E-state index in [4.69, 9.17) is 5.26 Å². The fourth-order valence-electron chi connectivity index (χ4n) is 2.62. The summed E-state index contributed by atoms with van der Waals surface area (Å²) in [7, 11) is 0. The Morgan fingerprint density at radius 1 is 1.35 bits per heavy atom. The first-order chi connectivity index (χ1) is 10.9. The number of hydrogen-bond donors (Lipinski definition) is 1. The summed E-state index contributed by atoms with van der Waals surface area (Å²) in [6, 6.07) is 5.26. The quantitative estimate of drug-likeness (QED) is 0.941. The van der Waals surface area contributed by atoms with Crippen molar-refractivity contribution in [2.24, 2.45) is 0 Å². The van der Waals surface area contributed by atoms with Crippen molar-refractivity contribution in [1.82, 2.24) is 19.7 Å². The Balaban J connectivity index is 1.77. The molecule has 1 N–H and O–H groups in total. The average Bonchev–Trinajstić information content (AvgIpc) is 2.98. The molecule has 0 bridgehead atoms. The van der Waals surface area contributed by atoms with Gasteiger partial charge in [-0.15, -0.1) is 0 Å². The van der Waals surface area contributed by atoms with E-state index >= 15 is 0 Å². The number of aryl methyl sites for hydroxylation is 1. The molecule has 0 spiro atoms. The number of nitriles is 1. The van der Waals surface area contributed by atoms with Crippen LogP contribution in [0.5, 0.6) is 0 Å². The summed E-state index contributed by atoms with van der Waals surface area (Å²) in [5.41, 5.74) is 1.01. The van der Waals surface area contributed by atoms with Gasteiger partial charge in [-0.1, -0.05) is 0 Å². The molecule has 1 aliphatic rings. The summed E-state index contributed by atoms with van der Waals surface area (Å²) in [6.45, 7) is 1.82. The van der Waals surface area contributed by atoms with Gasteiger partial charge in [-0.25, -0.2) is 18.4 Å². The Hall–Kier alpha value is -2.56. The van der Waals surface area contributed by atoms with E-state index in [0.717, 1.165) is 5.69 Å². The summed E-state index contributed by atoms with van der Waals surface area (Å²) in [6.07, 6.45) is 2.22. The smallest absolute Gasteiger partial charge is 0.252 e. The molecule has 0 amide bonds. The van der Waals surface area contributed by atoms with Crippen LogP contribution in [-0.4, -0.2) is 31.7 Å². The topological polar surface area (TPSA) is 79.4 Å². The number of halogens is 2. The number of hydrogen-bond acceptors (Lipinski definition) is 5. The van der Waals surface area contributed by atoms with Gasteiger partial charge in [-0.05, 0) is 25.8 Å². The van der Waals surface area contributed by atoms with E-state index in [1.54, 1.807) is 18.3 Å². The minimum atomic E-state index is -2.55. The van der Waals surface area contributed by atoms with E-state index in [1.165, 1.54) is 4.68 Å². The minimum Gasteiger partial charge on any atom is -0.367 e. The van der Waals surface area contributed by atoms with Crippen LogP contribution in [0.3, 0.4) is 0 Å². The normalized spacial score (nSPS) is 17.7. The number of alkyl halides is 2. The second kappa shape index (κ2) is 5.91. The van der Waals surface area contributed by atoms with Crippen LogP contribution in [0.2, 0.25) is 0 Å². The second-order valence-corrected chi connectivity index (χ2v) is 5.73. The lowest BCUT2D eigenvalue weighted by molar-refractivity contribution is -0.0361. The highest BCUT2D eigenvalue weighted by Gasteiger charge is 2.34. The molecule has 1 aliphatic carbocycles. The summed E-state index contributed by atoms with van der Waals surface area (Å²) in [5.74, 6) is -1.62. The van der Waals surface area contributed by atoms with Crippen molar-refractivity contribution in [3.8, 4) is 12.0 Å². The van der Waals surface area contributed by atoms with E-state index in [1.807, 2.05) is 13.0 Å². The maximum Gasteiger partial charge on any atom is 0.252 e. The van der Waals surface area contributed by atoms with Crippen LogP contribution in [0.1, 0.15) is 37.1 Å². The molecule has 0 radical (unpaired) electrons. The largest absolute Gasteiger partial charge is 0.367 e. The number of rotatable bonds is 3. The molecule has 2 heterocycles. The van der Waals surface area contributed by atoms with Gasteiger partial charge in [-0.2, -0.15) is 15.3 Å². The lowest BCUT2D eigenvalue weighted by Gasteiger charge is -2.29. The maximum absolute atomic E-state index is 13.2. The Labute approximate surface area is 132 Å². The van der Waals surface area contributed by atoms with Crippen molar-refractivity contribution < 1.29 is 8.78 Å². The van der Waals surface area contributed by atoms with E-state index in [9.17, 15) is 8.78 Å². The van der Waals surface area contributed by atoms with Crippen LogP contribution in [0.4, 0.5) is 14.6 Å². The molecule has 8 heteroatoms. The molecule has 2 aromatic rings. The number of nitrogens with one attached hydrogen (secondary N) is 1. The van der Waals surface area contributed by atoms with Gasteiger partial charge in [0.2, 0.25) is 5.92 Å². The molecule has 0 unspecified atom stereocenters. The molecule has 1 fully saturated rings. The molecule has 23 heavy (non-hydrogen) atoms. The van der Waals surface area contributed by atoms with E-state index in [0.29, 0.717) is 24.6 Å². The Morgan fingerprint density at radius 2 is 2.09 bits per heavy atom. The van der Waals surface area contributed by atoms with Crippen LogP contribution in [0.15, 0.2) is 18.3 Å². The molecular formula is C15H16F2N6. The third-order valence-electron chi connectivity index (χ3n) is 3.82. The number of anilines is 1. The van der Waals surface area contributed by atoms with Gasteiger partial charge in [0.05, 0.1) is 0 Å². The molecule has 0 aliphatic heterocycles.